The summed E-state index contributed by atoms with van der Waals surface area (Å²) in [5, 5.41) is 0. The van der Waals surface area contributed by atoms with Crippen LogP contribution < -0.4 is 14.4 Å². The van der Waals surface area contributed by atoms with Crippen molar-refractivity contribution in [3.8, 4) is 11.5 Å². The summed E-state index contributed by atoms with van der Waals surface area (Å²) in [6.07, 6.45) is 1.92. The Morgan fingerprint density at radius 1 is 1.05 bits per heavy atom. The van der Waals surface area contributed by atoms with Crippen LogP contribution in [-0.2, 0) is 6.42 Å². The van der Waals surface area contributed by atoms with Gasteiger partial charge in [-0.05, 0) is 54.8 Å². The van der Waals surface area contributed by atoms with Crippen LogP contribution in [0.15, 0.2) is 42.5 Å². The van der Waals surface area contributed by atoms with E-state index in [-0.39, 0.29) is 5.91 Å². The van der Waals surface area contributed by atoms with Crippen molar-refractivity contribution in [1.82, 2.24) is 0 Å². The van der Waals surface area contributed by atoms with Crippen LogP contribution in [0.1, 0.15) is 22.3 Å². The van der Waals surface area contributed by atoms with E-state index in [1.807, 2.05) is 41.3 Å². The minimum atomic E-state index is 0.00465. The first kappa shape index (κ1) is 14.4. The molecular formula is C18H19NO3. The average molecular weight is 297 g/mol. The zero-order valence-corrected chi connectivity index (χ0v) is 12.8. The van der Waals surface area contributed by atoms with E-state index >= 15 is 0 Å². The molecule has 0 spiro atoms. The summed E-state index contributed by atoms with van der Waals surface area (Å²) < 4.78 is 10.5. The molecule has 0 saturated heterocycles. The van der Waals surface area contributed by atoms with Crippen LogP contribution in [0, 0.1) is 0 Å². The van der Waals surface area contributed by atoms with Gasteiger partial charge in [-0.25, -0.2) is 0 Å². The molecule has 0 fully saturated rings. The molecule has 0 aliphatic carbocycles. The second-order valence-corrected chi connectivity index (χ2v) is 5.29. The summed E-state index contributed by atoms with van der Waals surface area (Å²) in [4.78, 5) is 14.7. The Bertz CT molecular complexity index is 696. The van der Waals surface area contributed by atoms with Crippen molar-refractivity contribution in [2.24, 2.45) is 0 Å². The van der Waals surface area contributed by atoms with Gasteiger partial charge in [-0.1, -0.05) is 6.07 Å². The van der Waals surface area contributed by atoms with Crippen LogP contribution in [0.4, 0.5) is 5.69 Å². The lowest BCUT2D eigenvalue weighted by Gasteiger charge is -2.30. The fourth-order valence-corrected chi connectivity index (χ4v) is 2.82. The van der Waals surface area contributed by atoms with Gasteiger partial charge < -0.3 is 14.4 Å². The third kappa shape index (κ3) is 2.64. The lowest BCUT2D eigenvalue weighted by Crippen LogP contribution is -2.35. The number of aryl methyl sites for hydroxylation is 1. The summed E-state index contributed by atoms with van der Waals surface area (Å²) in [6, 6.07) is 13.2. The number of carbonyl (C=O) groups excluding carboxylic acids is 1. The molecule has 2 aromatic rings. The molecule has 1 aliphatic rings. The molecule has 2 aromatic carbocycles. The predicted molar refractivity (Wildman–Crippen MR) is 86.0 cm³/mol. The third-order valence-electron chi connectivity index (χ3n) is 3.97. The van der Waals surface area contributed by atoms with Gasteiger partial charge in [-0.2, -0.15) is 0 Å². The van der Waals surface area contributed by atoms with Crippen molar-refractivity contribution in [3.05, 3.63) is 53.6 Å². The highest BCUT2D eigenvalue weighted by atomic mass is 16.5. The highest BCUT2D eigenvalue weighted by Gasteiger charge is 2.24. The first-order valence-corrected chi connectivity index (χ1v) is 7.36. The fourth-order valence-electron chi connectivity index (χ4n) is 2.82. The van der Waals surface area contributed by atoms with Gasteiger partial charge >= 0.3 is 0 Å². The summed E-state index contributed by atoms with van der Waals surface area (Å²) >= 11 is 0. The number of fused-ring (bicyclic) bond motifs is 1. The number of methoxy groups -OCH3 is 2. The summed E-state index contributed by atoms with van der Waals surface area (Å²) in [7, 11) is 3.26. The van der Waals surface area contributed by atoms with Gasteiger partial charge in [0.15, 0.2) is 0 Å². The molecule has 1 aliphatic heterocycles. The standard InChI is InChI=1S/C18H19NO3/c1-21-15-7-3-5-14(12-15)18(20)19-10-4-6-13-11-16(22-2)8-9-17(13)19/h3,5,7-9,11-12H,4,6,10H2,1-2H3. The number of ether oxygens (including phenoxy) is 2. The van der Waals surface area contributed by atoms with Gasteiger partial charge in [0, 0.05) is 17.8 Å². The number of carbonyl (C=O) groups is 1. The van der Waals surface area contributed by atoms with E-state index in [0.717, 1.165) is 36.4 Å². The van der Waals surface area contributed by atoms with Gasteiger partial charge in [-0.3, -0.25) is 4.79 Å². The number of nitrogens with zero attached hydrogens (tertiary/aromatic N) is 1. The van der Waals surface area contributed by atoms with Gasteiger partial charge in [0.25, 0.3) is 5.91 Å². The number of hydrogen-bond acceptors (Lipinski definition) is 3. The van der Waals surface area contributed by atoms with E-state index in [4.69, 9.17) is 9.47 Å². The van der Waals surface area contributed by atoms with Gasteiger partial charge in [0.1, 0.15) is 11.5 Å². The lowest BCUT2D eigenvalue weighted by atomic mass is 10.0. The van der Waals surface area contributed by atoms with E-state index in [1.165, 1.54) is 0 Å². The largest absolute Gasteiger partial charge is 0.497 e. The Balaban J connectivity index is 1.94. The summed E-state index contributed by atoms with van der Waals surface area (Å²) in [5.41, 5.74) is 2.77. The highest BCUT2D eigenvalue weighted by Crippen LogP contribution is 2.31. The molecule has 0 aromatic heterocycles. The maximum atomic E-state index is 12.8. The molecule has 0 N–H and O–H groups in total. The molecule has 4 nitrogen and oxygen atoms in total. The van der Waals surface area contributed by atoms with E-state index in [9.17, 15) is 4.79 Å². The van der Waals surface area contributed by atoms with Crippen LogP contribution in [0.3, 0.4) is 0 Å². The number of hydrogen-bond donors (Lipinski definition) is 0. The minimum Gasteiger partial charge on any atom is -0.497 e. The van der Waals surface area contributed by atoms with Crippen molar-refractivity contribution in [2.45, 2.75) is 12.8 Å². The first-order valence-electron chi connectivity index (χ1n) is 7.36. The fraction of sp³-hybridized carbons (Fsp3) is 0.278. The van der Waals surface area contributed by atoms with Gasteiger partial charge in [0.2, 0.25) is 0 Å². The molecule has 22 heavy (non-hydrogen) atoms. The van der Waals surface area contributed by atoms with E-state index < -0.39 is 0 Å². The van der Waals surface area contributed by atoms with Gasteiger partial charge in [-0.15, -0.1) is 0 Å². The van der Waals surface area contributed by atoms with Crippen molar-refractivity contribution in [3.63, 3.8) is 0 Å². The molecule has 0 unspecified atom stereocenters. The quantitative estimate of drug-likeness (QED) is 0.872. The van der Waals surface area contributed by atoms with E-state index in [1.54, 1.807) is 20.3 Å². The van der Waals surface area contributed by atoms with Crippen LogP contribution in [0.2, 0.25) is 0 Å². The number of amides is 1. The Hall–Kier alpha value is -2.49. The SMILES string of the molecule is COc1cccc(C(=O)N2CCCc3cc(OC)ccc32)c1. The second-order valence-electron chi connectivity index (χ2n) is 5.29. The number of anilines is 1. The molecule has 0 radical (unpaired) electrons. The second kappa shape index (κ2) is 6.10. The maximum Gasteiger partial charge on any atom is 0.258 e. The summed E-state index contributed by atoms with van der Waals surface area (Å²) in [6.45, 7) is 0.732. The predicted octanol–water partition coefficient (Wildman–Crippen LogP) is 3.30. The third-order valence-corrected chi connectivity index (χ3v) is 3.97. The topological polar surface area (TPSA) is 38.8 Å². The number of rotatable bonds is 3. The Morgan fingerprint density at radius 2 is 1.82 bits per heavy atom. The first-order chi connectivity index (χ1) is 10.7. The average Bonchev–Trinajstić information content (AvgIpc) is 2.60. The molecule has 1 amide bonds. The zero-order chi connectivity index (χ0) is 15.5. The van der Waals surface area contributed by atoms with Gasteiger partial charge in [0.05, 0.1) is 14.2 Å². The molecule has 0 atom stereocenters. The van der Waals surface area contributed by atoms with E-state index in [2.05, 4.69) is 0 Å². The Kier molecular flexibility index (Phi) is 4.00. The van der Waals surface area contributed by atoms with Crippen molar-refractivity contribution in [1.29, 1.82) is 0 Å². The molecule has 0 bridgehead atoms. The van der Waals surface area contributed by atoms with Crippen molar-refractivity contribution >= 4 is 11.6 Å². The molecular weight excluding hydrogens is 278 g/mol. The lowest BCUT2D eigenvalue weighted by molar-refractivity contribution is 0.0984. The normalized spacial score (nSPS) is 13.5. The Labute approximate surface area is 130 Å². The summed E-state index contributed by atoms with van der Waals surface area (Å²) in [5.74, 6) is 1.53. The monoisotopic (exact) mass is 297 g/mol. The van der Waals surface area contributed by atoms with E-state index in [0.29, 0.717) is 11.3 Å². The van der Waals surface area contributed by atoms with Crippen LogP contribution in [-0.4, -0.2) is 26.7 Å². The Morgan fingerprint density at radius 3 is 2.59 bits per heavy atom. The maximum absolute atomic E-state index is 12.8. The van der Waals surface area contributed by atoms with Crippen LogP contribution in [0.5, 0.6) is 11.5 Å². The smallest absolute Gasteiger partial charge is 0.258 e. The minimum absolute atomic E-state index is 0.00465. The van der Waals surface area contributed by atoms with Crippen molar-refractivity contribution < 1.29 is 14.3 Å². The molecule has 4 heteroatoms. The zero-order valence-electron chi connectivity index (χ0n) is 12.8. The molecule has 114 valence electrons. The van der Waals surface area contributed by atoms with Crippen molar-refractivity contribution in [2.75, 3.05) is 25.7 Å². The van der Waals surface area contributed by atoms with Crippen LogP contribution >= 0.6 is 0 Å². The number of benzene rings is 2. The molecule has 3 rings (SSSR count). The molecule has 0 saturated carbocycles. The molecule has 1 heterocycles. The van der Waals surface area contributed by atoms with Crippen LogP contribution in [0.25, 0.3) is 0 Å². The highest BCUT2D eigenvalue weighted by molar-refractivity contribution is 6.07.